The van der Waals surface area contributed by atoms with Gasteiger partial charge in [-0.25, -0.2) is 18.0 Å². The third-order valence-corrected chi connectivity index (χ3v) is 5.53. The molecule has 0 spiro atoms. The fourth-order valence-corrected chi connectivity index (χ4v) is 3.96. The molecule has 0 fully saturated rings. The predicted molar refractivity (Wildman–Crippen MR) is 108 cm³/mol. The molecule has 1 aromatic heterocycles. The van der Waals surface area contributed by atoms with Crippen molar-refractivity contribution in [1.82, 2.24) is 4.98 Å². The van der Waals surface area contributed by atoms with Crippen LogP contribution in [0.3, 0.4) is 0 Å². The number of aromatic nitrogens is 1. The van der Waals surface area contributed by atoms with Gasteiger partial charge in [0.2, 0.25) is 0 Å². The number of nitrogens with one attached hydrogen (secondary N) is 2. The van der Waals surface area contributed by atoms with Crippen LogP contribution in [0.5, 0.6) is 0 Å². The molecule has 6 N–H and O–H groups in total. The largest absolute Gasteiger partial charge is 0.478 e. The highest BCUT2D eigenvalue weighted by molar-refractivity contribution is 7.92. The van der Waals surface area contributed by atoms with Crippen LogP contribution in [0.2, 0.25) is 0 Å². The SMILES string of the molecule is Nc1[nH]c(=O)c(C(=O)O)c(-c2cccc(NS(=O)(=O)c3ccccc3)c2)c1C(=O)O. The number of anilines is 2. The number of benzene rings is 2. The van der Waals surface area contributed by atoms with Crippen molar-refractivity contribution in [1.29, 1.82) is 0 Å². The fourth-order valence-electron chi connectivity index (χ4n) is 2.89. The first-order valence-electron chi connectivity index (χ1n) is 8.32. The number of rotatable bonds is 6. The van der Waals surface area contributed by atoms with Gasteiger partial charge in [-0.3, -0.25) is 9.52 Å². The number of H-pyrrole nitrogens is 1. The summed E-state index contributed by atoms with van der Waals surface area (Å²) in [5, 5.41) is 18.9. The van der Waals surface area contributed by atoms with E-state index in [9.17, 15) is 33.0 Å². The maximum Gasteiger partial charge on any atom is 0.342 e. The van der Waals surface area contributed by atoms with E-state index in [2.05, 4.69) is 4.72 Å². The molecule has 10 nitrogen and oxygen atoms in total. The summed E-state index contributed by atoms with van der Waals surface area (Å²) in [6, 6.07) is 12.8. The quantitative estimate of drug-likeness (QED) is 0.393. The number of pyridine rings is 1. The summed E-state index contributed by atoms with van der Waals surface area (Å²) in [7, 11) is -3.96. The van der Waals surface area contributed by atoms with Crippen LogP contribution in [0.25, 0.3) is 11.1 Å². The average Bonchev–Trinajstić information content (AvgIpc) is 2.67. The second-order valence-corrected chi connectivity index (χ2v) is 7.78. The fraction of sp³-hybridized carbons (Fsp3) is 0. The van der Waals surface area contributed by atoms with Gasteiger partial charge in [0, 0.05) is 11.3 Å². The van der Waals surface area contributed by atoms with Gasteiger partial charge in [-0.15, -0.1) is 0 Å². The molecule has 2 aromatic carbocycles. The first-order chi connectivity index (χ1) is 14.1. The van der Waals surface area contributed by atoms with Crippen LogP contribution in [-0.4, -0.2) is 35.6 Å². The van der Waals surface area contributed by atoms with Crippen LogP contribution in [0, 0.1) is 0 Å². The lowest BCUT2D eigenvalue weighted by molar-refractivity contribution is 0.0695. The van der Waals surface area contributed by atoms with Crippen LogP contribution < -0.4 is 16.0 Å². The molecular weight excluding hydrogens is 414 g/mol. The number of hydrogen-bond acceptors (Lipinski definition) is 6. The number of aromatic amines is 1. The number of carboxylic acids is 2. The molecule has 0 aliphatic rings. The van der Waals surface area contributed by atoms with E-state index in [1.165, 1.54) is 36.4 Å². The molecule has 0 saturated heterocycles. The van der Waals surface area contributed by atoms with Crippen molar-refractivity contribution >= 4 is 33.5 Å². The summed E-state index contributed by atoms with van der Waals surface area (Å²) in [5.74, 6) is -3.75. The molecule has 154 valence electrons. The van der Waals surface area contributed by atoms with Crippen LogP contribution in [0.15, 0.2) is 64.3 Å². The summed E-state index contributed by atoms with van der Waals surface area (Å²) in [4.78, 5) is 37.5. The zero-order valence-electron chi connectivity index (χ0n) is 15.1. The predicted octanol–water partition coefficient (Wildman–Crippen LogP) is 1.82. The number of hydrogen-bond donors (Lipinski definition) is 5. The van der Waals surface area contributed by atoms with Crippen molar-refractivity contribution in [3.8, 4) is 11.1 Å². The van der Waals surface area contributed by atoms with Gasteiger partial charge < -0.3 is 20.9 Å². The number of nitrogens with two attached hydrogens (primary N) is 1. The maximum absolute atomic E-state index is 12.5. The second kappa shape index (κ2) is 7.72. The van der Waals surface area contributed by atoms with Crippen LogP contribution in [-0.2, 0) is 10.0 Å². The Labute approximate surface area is 169 Å². The zero-order valence-corrected chi connectivity index (χ0v) is 15.9. The molecule has 11 heteroatoms. The van der Waals surface area contributed by atoms with Gasteiger partial charge in [0.05, 0.1) is 4.90 Å². The Balaban J connectivity index is 2.19. The van der Waals surface area contributed by atoms with Crippen molar-refractivity contribution in [2.45, 2.75) is 4.90 Å². The number of sulfonamides is 1. The van der Waals surface area contributed by atoms with E-state index in [1.54, 1.807) is 18.2 Å². The highest BCUT2D eigenvalue weighted by Crippen LogP contribution is 2.31. The minimum Gasteiger partial charge on any atom is -0.478 e. The summed E-state index contributed by atoms with van der Waals surface area (Å²) in [5.41, 5.74) is 2.65. The standard InChI is InChI=1S/C19H15N3O7S/c20-16-14(18(24)25)13(15(19(26)27)17(23)21-16)10-5-4-6-11(9-10)22-30(28,29)12-7-2-1-3-8-12/h1-9,22H,(H,24,25)(H,26,27)(H3,20,21,23). The van der Waals surface area contributed by atoms with Crippen molar-refractivity contribution in [3.63, 3.8) is 0 Å². The van der Waals surface area contributed by atoms with E-state index in [4.69, 9.17) is 5.73 Å². The molecule has 0 atom stereocenters. The third kappa shape index (κ3) is 3.86. The van der Waals surface area contributed by atoms with E-state index in [1.807, 2.05) is 4.98 Å². The molecular formula is C19H15N3O7S. The number of carboxylic acid groups (broad SMARTS) is 2. The monoisotopic (exact) mass is 429 g/mol. The number of nitrogen functional groups attached to an aromatic ring is 1. The molecule has 0 aliphatic carbocycles. The van der Waals surface area contributed by atoms with E-state index in [0.29, 0.717) is 0 Å². The second-order valence-electron chi connectivity index (χ2n) is 6.10. The van der Waals surface area contributed by atoms with Crippen molar-refractivity contribution in [2.75, 3.05) is 10.5 Å². The van der Waals surface area contributed by atoms with Crippen LogP contribution in [0.4, 0.5) is 11.5 Å². The van der Waals surface area contributed by atoms with Crippen LogP contribution in [0.1, 0.15) is 20.7 Å². The molecule has 0 bridgehead atoms. The Morgan fingerprint density at radius 3 is 2.17 bits per heavy atom. The van der Waals surface area contributed by atoms with Gasteiger partial charge in [-0.05, 0) is 29.8 Å². The smallest absolute Gasteiger partial charge is 0.342 e. The van der Waals surface area contributed by atoms with E-state index in [-0.39, 0.29) is 16.1 Å². The Hall–Kier alpha value is -4.12. The molecule has 0 aliphatic heterocycles. The summed E-state index contributed by atoms with van der Waals surface area (Å²) < 4.78 is 27.4. The Kier molecular flexibility index (Phi) is 5.30. The maximum atomic E-state index is 12.5. The highest BCUT2D eigenvalue weighted by atomic mass is 32.2. The zero-order chi connectivity index (χ0) is 22.1. The first kappa shape index (κ1) is 20.6. The lowest BCUT2D eigenvalue weighted by Crippen LogP contribution is -2.24. The van der Waals surface area contributed by atoms with Crippen molar-refractivity contribution in [3.05, 3.63) is 76.1 Å². The molecule has 30 heavy (non-hydrogen) atoms. The van der Waals surface area contributed by atoms with Gasteiger partial charge in [0.25, 0.3) is 15.6 Å². The molecule has 0 amide bonds. The average molecular weight is 429 g/mol. The summed E-state index contributed by atoms with van der Waals surface area (Å²) >= 11 is 0. The lowest BCUT2D eigenvalue weighted by Gasteiger charge is -2.14. The third-order valence-electron chi connectivity index (χ3n) is 4.13. The molecule has 3 rings (SSSR count). The minimum atomic E-state index is -3.96. The summed E-state index contributed by atoms with van der Waals surface area (Å²) in [6.07, 6.45) is 0. The van der Waals surface area contributed by atoms with E-state index in [0.717, 1.165) is 0 Å². The first-order valence-corrected chi connectivity index (χ1v) is 9.81. The number of aromatic carboxylic acids is 2. The van der Waals surface area contributed by atoms with Gasteiger partial charge in [0.15, 0.2) is 0 Å². The molecule has 1 heterocycles. The number of carbonyl (C=O) groups is 2. The van der Waals surface area contributed by atoms with E-state index < -0.39 is 50.0 Å². The lowest BCUT2D eigenvalue weighted by atomic mass is 9.95. The molecule has 0 radical (unpaired) electrons. The summed E-state index contributed by atoms with van der Waals surface area (Å²) in [6.45, 7) is 0. The van der Waals surface area contributed by atoms with Crippen molar-refractivity contribution < 1.29 is 28.2 Å². The van der Waals surface area contributed by atoms with Crippen molar-refractivity contribution in [2.24, 2.45) is 0 Å². The minimum absolute atomic E-state index is 0.00625. The highest BCUT2D eigenvalue weighted by Gasteiger charge is 2.27. The van der Waals surface area contributed by atoms with Gasteiger partial charge in [-0.2, -0.15) is 0 Å². The molecule has 3 aromatic rings. The Bertz CT molecular complexity index is 1320. The van der Waals surface area contributed by atoms with Gasteiger partial charge in [-0.1, -0.05) is 30.3 Å². The van der Waals surface area contributed by atoms with Gasteiger partial charge in [0.1, 0.15) is 16.9 Å². The normalized spacial score (nSPS) is 11.1. The molecule has 0 unspecified atom stereocenters. The molecule has 0 saturated carbocycles. The topological polar surface area (TPSA) is 180 Å². The Morgan fingerprint density at radius 2 is 1.57 bits per heavy atom. The Morgan fingerprint density at radius 1 is 0.933 bits per heavy atom. The van der Waals surface area contributed by atoms with E-state index >= 15 is 0 Å². The van der Waals surface area contributed by atoms with Crippen LogP contribution >= 0.6 is 0 Å². The van der Waals surface area contributed by atoms with Gasteiger partial charge >= 0.3 is 11.9 Å².